The summed E-state index contributed by atoms with van der Waals surface area (Å²) in [6, 6.07) is 7.23. The third-order valence-corrected chi connectivity index (χ3v) is 5.13. The van der Waals surface area contributed by atoms with Crippen LogP contribution in [0.15, 0.2) is 29.7 Å². The summed E-state index contributed by atoms with van der Waals surface area (Å²) in [5, 5.41) is 12.0. The molecule has 7 nitrogen and oxygen atoms in total. The highest BCUT2D eigenvalue weighted by atomic mass is 16.7. The number of hydrogen-bond acceptors (Lipinski definition) is 5. The molecule has 1 heterocycles. The third-order valence-electron chi connectivity index (χ3n) is 5.13. The Balaban J connectivity index is 2.34. The van der Waals surface area contributed by atoms with Crippen molar-refractivity contribution >= 4 is 25.3 Å². The molecule has 1 aromatic rings. The Hall–Kier alpha value is -2.32. The maximum Gasteiger partial charge on any atom is 0.492 e. The van der Waals surface area contributed by atoms with Crippen molar-refractivity contribution in [2.24, 2.45) is 0 Å². The Kier molecular flexibility index (Phi) is 7.04. The first kappa shape index (κ1) is 24.0. The molecule has 0 saturated carbocycles. The average Bonchev–Trinajstić information content (AvgIpc) is 2.78. The van der Waals surface area contributed by atoms with E-state index in [1.807, 2.05) is 45.9 Å². The lowest BCUT2D eigenvalue weighted by molar-refractivity contribution is -0.136. The molecule has 2 rings (SSSR count). The van der Waals surface area contributed by atoms with E-state index in [0.29, 0.717) is 11.0 Å². The highest BCUT2D eigenvalue weighted by molar-refractivity contribution is 6.56. The van der Waals surface area contributed by atoms with Crippen molar-refractivity contribution in [2.75, 3.05) is 6.54 Å². The lowest BCUT2D eigenvalue weighted by Gasteiger charge is -2.32. The quantitative estimate of drug-likeness (QED) is 0.683. The molecular formula is C22H32BNO6. The van der Waals surface area contributed by atoms with Crippen LogP contribution in [0.5, 0.6) is 0 Å². The summed E-state index contributed by atoms with van der Waals surface area (Å²) in [6.45, 7) is 13.3. The molecule has 1 aromatic carbocycles. The average molecular weight is 417 g/mol. The van der Waals surface area contributed by atoms with E-state index in [-0.39, 0.29) is 13.0 Å². The van der Waals surface area contributed by atoms with Gasteiger partial charge in [-0.1, -0.05) is 30.3 Å². The number of carbonyl (C=O) groups excluding carboxylic acids is 1. The number of ether oxygens (including phenoxy) is 1. The number of rotatable bonds is 6. The number of carboxylic acid groups (broad SMARTS) is 1. The van der Waals surface area contributed by atoms with Crippen LogP contribution in [-0.4, -0.2) is 47.6 Å². The van der Waals surface area contributed by atoms with Crippen molar-refractivity contribution in [1.82, 2.24) is 5.32 Å². The number of carboxylic acids is 1. The van der Waals surface area contributed by atoms with E-state index in [4.69, 9.17) is 14.0 Å². The van der Waals surface area contributed by atoms with E-state index in [2.05, 4.69) is 5.32 Å². The molecule has 0 spiro atoms. The largest absolute Gasteiger partial charge is 0.492 e. The van der Waals surface area contributed by atoms with E-state index in [9.17, 15) is 14.7 Å². The molecule has 0 unspecified atom stereocenters. The van der Waals surface area contributed by atoms with Crippen molar-refractivity contribution in [3.63, 3.8) is 0 Å². The summed E-state index contributed by atoms with van der Waals surface area (Å²) >= 11 is 0. The van der Waals surface area contributed by atoms with E-state index < -0.39 is 36.0 Å². The fraction of sp³-hybridized carbons (Fsp3) is 0.545. The Bertz CT molecular complexity index is 809. The van der Waals surface area contributed by atoms with Gasteiger partial charge in [-0.05, 0) is 65.1 Å². The molecule has 0 bridgehead atoms. The van der Waals surface area contributed by atoms with Crippen LogP contribution in [0.25, 0.3) is 6.08 Å². The fourth-order valence-electron chi connectivity index (χ4n) is 2.88. The SMILES string of the molecule is CC(C)(C)OC(=O)NCC(=Cc1ccccc1CC(=O)O)B1OC(C)(C)C(C)(C)O1. The fourth-order valence-corrected chi connectivity index (χ4v) is 2.88. The van der Waals surface area contributed by atoms with E-state index >= 15 is 0 Å². The molecule has 164 valence electrons. The molecule has 0 radical (unpaired) electrons. The Morgan fingerprint density at radius 3 is 2.23 bits per heavy atom. The Morgan fingerprint density at radius 2 is 1.70 bits per heavy atom. The van der Waals surface area contributed by atoms with Gasteiger partial charge in [0, 0.05) is 6.54 Å². The van der Waals surface area contributed by atoms with Gasteiger partial charge in [-0.3, -0.25) is 4.79 Å². The summed E-state index contributed by atoms with van der Waals surface area (Å²) in [6.07, 6.45) is 1.16. The summed E-state index contributed by atoms with van der Waals surface area (Å²) in [5.41, 5.74) is 0.336. The number of aliphatic carboxylic acids is 1. The molecule has 1 amide bonds. The van der Waals surface area contributed by atoms with Gasteiger partial charge in [0.05, 0.1) is 17.6 Å². The minimum Gasteiger partial charge on any atom is -0.481 e. The zero-order chi connectivity index (χ0) is 22.7. The first-order chi connectivity index (χ1) is 13.7. The molecule has 1 saturated heterocycles. The number of benzene rings is 1. The summed E-state index contributed by atoms with van der Waals surface area (Å²) in [5.74, 6) is -0.917. The summed E-state index contributed by atoms with van der Waals surface area (Å²) in [4.78, 5) is 23.4. The molecule has 0 aliphatic carbocycles. The summed E-state index contributed by atoms with van der Waals surface area (Å²) in [7, 11) is -0.692. The molecule has 2 N–H and O–H groups in total. The second-order valence-corrected chi connectivity index (χ2v) is 9.43. The smallest absolute Gasteiger partial charge is 0.481 e. The predicted molar refractivity (Wildman–Crippen MR) is 116 cm³/mol. The first-order valence-electron chi connectivity index (χ1n) is 10.0. The molecule has 8 heteroatoms. The van der Waals surface area contributed by atoms with Gasteiger partial charge in [0.25, 0.3) is 0 Å². The number of amides is 1. The Morgan fingerprint density at radius 1 is 1.13 bits per heavy atom. The number of alkyl carbamates (subject to hydrolysis) is 1. The van der Waals surface area contributed by atoms with Gasteiger partial charge < -0.3 is 24.5 Å². The van der Waals surface area contributed by atoms with Crippen LogP contribution in [0.2, 0.25) is 0 Å². The van der Waals surface area contributed by atoms with Crippen LogP contribution in [0.1, 0.15) is 59.6 Å². The van der Waals surface area contributed by atoms with E-state index in [1.54, 1.807) is 32.9 Å². The van der Waals surface area contributed by atoms with Crippen LogP contribution in [0.4, 0.5) is 4.79 Å². The number of carbonyl (C=O) groups is 2. The maximum absolute atomic E-state index is 12.2. The van der Waals surface area contributed by atoms with Gasteiger partial charge in [0.15, 0.2) is 0 Å². The van der Waals surface area contributed by atoms with Crippen molar-refractivity contribution < 1.29 is 28.7 Å². The van der Waals surface area contributed by atoms with Crippen LogP contribution >= 0.6 is 0 Å². The molecule has 0 atom stereocenters. The minimum absolute atomic E-state index is 0.108. The second-order valence-electron chi connectivity index (χ2n) is 9.43. The molecule has 1 fully saturated rings. The maximum atomic E-state index is 12.2. The normalized spacial score (nSPS) is 18.2. The molecular weight excluding hydrogens is 385 g/mol. The zero-order valence-electron chi connectivity index (χ0n) is 18.9. The molecule has 1 aliphatic heterocycles. The molecule has 1 aliphatic rings. The highest BCUT2D eigenvalue weighted by Crippen LogP contribution is 2.38. The standard InChI is InChI=1S/C22H32BNO6/c1-20(2,3)28-19(27)24-14-17(23-29-21(4,5)22(6,7)30-23)12-15-10-8-9-11-16(15)13-18(25)26/h8-12H,13-14H2,1-7H3,(H,24,27)(H,25,26). The zero-order valence-corrected chi connectivity index (χ0v) is 18.9. The molecule has 0 aromatic heterocycles. The first-order valence-corrected chi connectivity index (χ1v) is 10.0. The van der Waals surface area contributed by atoms with Crippen molar-refractivity contribution in [1.29, 1.82) is 0 Å². The number of nitrogens with one attached hydrogen (secondary N) is 1. The van der Waals surface area contributed by atoms with Gasteiger partial charge in [-0.2, -0.15) is 0 Å². The van der Waals surface area contributed by atoms with Crippen molar-refractivity contribution in [3.05, 3.63) is 40.9 Å². The lowest BCUT2D eigenvalue weighted by Crippen LogP contribution is -2.41. The van der Waals surface area contributed by atoms with Gasteiger partial charge in [0.2, 0.25) is 0 Å². The third kappa shape index (κ3) is 6.34. The Labute approximate surface area is 178 Å². The minimum atomic E-state index is -0.917. The van der Waals surface area contributed by atoms with Crippen LogP contribution in [-0.2, 0) is 25.3 Å². The van der Waals surface area contributed by atoms with E-state index in [0.717, 1.165) is 5.56 Å². The van der Waals surface area contributed by atoms with Crippen LogP contribution < -0.4 is 5.32 Å². The van der Waals surface area contributed by atoms with Crippen molar-refractivity contribution in [2.45, 2.75) is 71.7 Å². The van der Waals surface area contributed by atoms with Gasteiger partial charge in [-0.15, -0.1) is 0 Å². The van der Waals surface area contributed by atoms with Crippen LogP contribution in [0, 0.1) is 0 Å². The van der Waals surface area contributed by atoms with Gasteiger partial charge in [0.1, 0.15) is 5.60 Å². The van der Waals surface area contributed by atoms with E-state index in [1.165, 1.54) is 0 Å². The van der Waals surface area contributed by atoms with Crippen molar-refractivity contribution in [3.8, 4) is 0 Å². The lowest BCUT2D eigenvalue weighted by atomic mass is 9.76. The predicted octanol–water partition coefficient (Wildman–Crippen LogP) is 3.85. The second kappa shape index (κ2) is 8.82. The number of hydrogen-bond donors (Lipinski definition) is 2. The monoisotopic (exact) mass is 417 g/mol. The van der Waals surface area contributed by atoms with Gasteiger partial charge >= 0.3 is 19.2 Å². The highest BCUT2D eigenvalue weighted by Gasteiger charge is 2.52. The molecule has 30 heavy (non-hydrogen) atoms. The van der Waals surface area contributed by atoms with Gasteiger partial charge in [-0.25, -0.2) is 4.79 Å². The van der Waals surface area contributed by atoms with Crippen LogP contribution in [0.3, 0.4) is 0 Å². The topological polar surface area (TPSA) is 94.1 Å². The summed E-state index contributed by atoms with van der Waals surface area (Å²) < 4.78 is 17.6.